The first-order chi connectivity index (χ1) is 11.5. The number of carbonyl (C=O) groups is 3. The number of nitrogens with one attached hydrogen (secondary N) is 2. The number of amides is 3. The molecule has 1 atom stereocenters. The lowest BCUT2D eigenvalue weighted by Crippen LogP contribution is -2.43. The van der Waals surface area contributed by atoms with Crippen LogP contribution >= 0.6 is 0 Å². The number of carbonyl (C=O) groups excluding carboxylic acids is 3. The third-order valence-electron chi connectivity index (χ3n) is 4.45. The maximum Gasteiger partial charge on any atom is 0.325 e. The van der Waals surface area contributed by atoms with E-state index in [1.54, 1.807) is 18.3 Å². The minimum Gasteiger partial charge on any atom is -0.359 e. The predicted octanol–water partition coefficient (Wildman–Crippen LogP) is 2.36. The molecule has 1 saturated heterocycles. The average Bonchev–Trinajstić information content (AvgIpc) is 3.19. The highest BCUT2D eigenvalue weighted by Gasteiger charge is 2.51. The number of ketones is 1. The molecular weight excluding hydrogens is 306 g/mol. The third kappa shape index (κ3) is 2.50. The Morgan fingerprint density at radius 3 is 2.46 bits per heavy atom. The van der Waals surface area contributed by atoms with E-state index in [0.717, 1.165) is 16.0 Å². The smallest absolute Gasteiger partial charge is 0.325 e. The Morgan fingerprint density at radius 2 is 1.88 bits per heavy atom. The Kier molecular flexibility index (Phi) is 3.97. The van der Waals surface area contributed by atoms with Gasteiger partial charge in [0.1, 0.15) is 5.54 Å². The monoisotopic (exact) mass is 325 g/mol. The number of hydrogen-bond acceptors (Lipinski definition) is 3. The van der Waals surface area contributed by atoms with Gasteiger partial charge in [0.15, 0.2) is 5.78 Å². The summed E-state index contributed by atoms with van der Waals surface area (Å²) in [4.78, 5) is 41.3. The van der Waals surface area contributed by atoms with E-state index < -0.39 is 17.5 Å². The lowest BCUT2D eigenvalue weighted by Gasteiger charge is -2.25. The number of rotatable bonds is 5. The minimum atomic E-state index is -1.11. The van der Waals surface area contributed by atoms with Crippen molar-refractivity contribution >= 4 is 17.7 Å². The Bertz CT molecular complexity index is 780. The minimum absolute atomic E-state index is 0.279. The molecule has 3 rings (SSSR count). The van der Waals surface area contributed by atoms with Crippen LogP contribution in [0.3, 0.4) is 0 Å². The largest absolute Gasteiger partial charge is 0.359 e. The second-order valence-electron chi connectivity index (χ2n) is 5.95. The molecule has 0 radical (unpaired) electrons. The molecule has 2 aromatic rings. The number of Topliss-reactive ketones (excluding diaryl/α,β-unsaturated/α-hetero) is 1. The highest BCUT2D eigenvalue weighted by atomic mass is 16.2. The van der Waals surface area contributed by atoms with E-state index in [0.29, 0.717) is 12.1 Å². The zero-order valence-electron chi connectivity index (χ0n) is 13.6. The molecule has 1 aromatic carbocycles. The van der Waals surface area contributed by atoms with Gasteiger partial charge in [-0.15, -0.1) is 0 Å². The molecule has 1 aliphatic heterocycles. The summed E-state index contributed by atoms with van der Waals surface area (Å²) in [5.74, 6) is -0.696. The number of H-pyrrole nitrogens is 1. The number of aromatic amines is 1. The molecule has 1 aromatic heterocycles. The summed E-state index contributed by atoms with van der Waals surface area (Å²) >= 11 is 0. The number of urea groups is 1. The van der Waals surface area contributed by atoms with Gasteiger partial charge in [-0.3, -0.25) is 14.5 Å². The summed E-state index contributed by atoms with van der Waals surface area (Å²) < 4.78 is 0. The molecule has 2 N–H and O–H groups in total. The van der Waals surface area contributed by atoms with E-state index in [1.807, 2.05) is 38.1 Å². The standard InChI is InChI=1S/C18H19N3O3/c1-3-18(13-8-6-12(2)7-9-13)16(23)21(17(24)20-18)11-15(22)14-5-4-10-19-14/h4-10,19H,3,11H2,1-2H3,(H,20,24)/t18-/m1/s1. The Labute approximate surface area is 139 Å². The van der Waals surface area contributed by atoms with Crippen LogP contribution in [0.5, 0.6) is 0 Å². The normalized spacial score (nSPS) is 20.3. The van der Waals surface area contributed by atoms with Gasteiger partial charge < -0.3 is 10.3 Å². The van der Waals surface area contributed by atoms with Crippen molar-refractivity contribution in [3.63, 3.8) is 0 Å². The lowest BCUT2D eigenvalue weighted by molar-refractivity contribution is -0.131. The molecule has 6 heteroatoms. The van der Waals surface area contributed by atoms with E-state index >= 15 is 0 Å². The highest BCUT2D eigenvalue weighted by molar-refractivity contribution is 6.11. The first-order valence-electron chi connectivity index (χ1n) is 7.86. The first kappa shape index (κ1) is 16.0. The van der Waals surface area contributed by atoms with Gasteiger partial charge in [0.2, 0.25) is 0 Å². The molecule has 0 saturated carbocycles. The van der Waals surface area contributed by atoms with Crippen molar-refractivity contribution in [2.24, 2.45) is 0 Å². The van der Waals surface area contributed by atoms with Crippen molar-refractivity contribution in [1.82, 2.24) is 15.2 Å². The van der Waals surface area contributed by atoms with Gasteiger partial charge in [0, 0.05) is 6.20 Å². The van der Waals surface area contributed by atoms with Crippen molar-refractivity contribution in [3.05, 3.63) is 59.4 Å². The summed E-state index contributed by atoms with van der Waals surface area (Å²) in [6, 6.07) is 10.3. The van der Waals surface area contributed by atoms with Crippen LogP contribution in [-0.4, -0.2) is 34.2 Å². The van der Waals surface area contributed by atoms with E-state index in [1.165, 1.54) is 0 Å². The van der Waals surface area contributed by atoms with Crippen LogP contribution in [0.2, 0.25) is 0 Å². The van der Waals surface area contributed by atoms with Crippen LogP contribution in [0, 0.1) is 6.92 Å². The Balaban J connectivity index is 1.89. The molecule has 1 fully saturated rings. The van der Waals surface area contributed by atoms with Crippen molar-refractivity contribution in [2.45, 2.75) is 25.8 Å². The lowest BCUT2D eigenvalue weighted by atomic mass is 9.86. The fourth-order valence-electron chi connectivity index (χ4n) is 2.98. The molecule has 124 valence electrons. The fourth-order valence-corrected chi connectivity index (χ4v) is 2.98. The van der Waals surface area contributed by atoms with Crippen molar-refractivity contribution < 1.29 is 14.4 Å². The van der Waals surface area contributed by atoms with Gasteiger partial charge in [-0.1, -0.05) is 36.8 Å². The number of imide groups is 1. The molecular formula is C18H19N3O3. The van der Waals surface area contributed by atoms with Gasteiger partial charge in [-0.05, 0) is 31.0 Å². The van der Waals surface area contributed by atoms with Crippen LogP contribution in [0.25, 0.3) is 0 Å². The maximum atomic E-state index is 12.9. The van der Waals surface area contributed by atoms with E-state index in [4.69, 9.17) is 0 Å². The summed E-state index contributed by atoms with van der Waals surface area (Å²) in [5.41, 5.74) is 1.06. The highest BCUT2D eigenvalue weighted by Crippen LogP contribution is 2.32. The average molecular weight is 325 g/mol. The molecule has 1 aliphatic rings. The second kappa shape index (κ2) is 5.96. The number of aryl methyl sites for hydroxylation is 1. The molecule has 3 amide bonds. The molecule has 2 heterocycles. The molecule has 0 bridgehead atoms. The number of aromatic nitrogens is 1. The van der Waals surface area contributed by atoms with Gasteiger partial charge in [-0.2, -0.15) is 0 Å². The summed E-state index contributed by atoms with van der Waals surface area (Å²) in [5, 5.41) is 2.78. The number of benzene rings is 1. The first-order valence-corrected chi connectivity index (χ1v) is 7.86. The van der Waals surface area contributed by atoms with Crippen LogP contribution in [0.4, 0.5) is 4.79 Å². The third-order valence-corrected chi connectivity index (χ3v) is 4.45. The Morgan fingerprint density at radius 1 is 1.17 bits per heavy atom. The van der Waals surface area contributed by atoms with Crippen LogP contribution < -0.4 is 5.32 Å². The van der Waals surface area contributed by atoms with Crippen LogP contribution in [0.15, 0.2) is 42.6 Å². The van der Waals surface area contributed by atoms with Gasteiger partial charge in [0.05, 0.1) is 12.2 Å². The maximum absolute atomic E-state index is 12.9. The molecule has 6 nitrogen and oxygen atoms in total. The molecule has 24 heavy (non-hydrogen) atoms. The van der Waals surface area contributed by atoms with E-state index in [-0.39, 0.29) is 12.3 Å². The Hall–Kier alpha value is -2.89. The van der Waals surface area contributed by atoms with Crippen molar-refractivity contribution in [3.8, 4) is 0 Å². The molecule has 0 unspecified atom stereocenters. The fraction of sp³-hybridized carbons (Fsp3) is 0.278. The molecule has 0 spiro atoms. The topological polar surface area (TPSA) is 82.3 Å². The molecule has 0 aliphatic carbocycles. The SMILES string of the molecule is CC[C@]1(c2ccc(C)cc2)NC(=O)N(CC(=O)c2ccc[nH]2)C1=O. The zero-order valence-corrected chi connectivity index (χ0v) is 13.6. The number of hydrogen-bond donors (Lipinski definition) is 2. The summed E-state index contributed by atoms with van der Waals surface area (Å²) in [6.07, 6.45) is 2.04. The summed E-state index contributed by atoms with van der Waals surface area (Å²) in [7, 11) is 0. The quantitative estimate of drug-likeness (QED) is 0.654. The van der Waals surface area contributed by atoms with E-state index in [2.05, 4.69) is 10.3 Å². The van der Waals surface area contributed by atoms with Gasteiger partial charge >= 0.3 is 6.03 Å². The summed E-state index contributed by atoms with van der Waals surface area (Å²) in [6.45, 7) is 3.52. The predicted molar refractivity (Wildman–Crippen MR) is 88.5 cm³/mol. The second-order valence-corrected chi connectivity index (χ2v) is 5.95. The van der Waals surface area contributed by atoms with Crippen molar-refractivity contribution in [1.29, 1.82) is 0 Å². The number of nitrogens with zero attached hydrogens (tertiary/aromatic N) is 1. The van der Waals surface area contributed by atoms with Crippen LogP contribution in [0.1, 0.15) is 35.0 Å². The van der Waals surface area contributed by atoms with E-state index in [9.17, 15) is 14.4 Å². The van der Waals surface area contributed by atoms with Crippen molar-refractivity contribution in [2.75, 3.05) is 6.54 Å². The zero-order chi connectivity index (χ0) is 17.3. The van der Waals surface area contributed by atoms with Gasteiger partial charge in [0.25, 0.3) is 5.91 Å². The van der Waals surface area contributed by atoms with Gasteiger partial charge in [-0.25, -0.2) is 4.79 Å². The van der Waals surface area contributed by atoms with Crippen LogP contribution in [-0.2, 0) is 10.3 Å².